The second-order valence-corrected chi connectivity index (χ2v) is 4.51. The first-order valence-corrected chi connectivity index (χ1v) is 6.17. The van der Waals surface area contributed by atoms with Gasteiger partial charge in [-0.05, 0) is 18.1 Å². The zero-order valence-electron chi connectivity index (χ0n) is 11.1. The van der Waals surface area contributed by atoms with E-state index < -0.39 is 12.0 Å². The van der Waals surface area contributed by atoms with E-state index in [1.807, 2.05) is 13.8 Å². The number of nitrogens with zero attached hydrogens (tertiary/aromatic N) is 1. The van der Waals surface area contributed by atoms with Crippen LogP contribution in [0.25, 0.3) is 0 Å². The van der Waals surface area contributed by atoms with E-state index in [4.69, 9.17) is 10.8 Å². The largest absolute Gasteiger partial charge is 0.481 e. The number of carbonyl (C=O) groups excluding carboxylic acids is 1. The molecule has 1 rings (SSSR count). The summed E-state index contributed by atoms with van der Waals surface area (Å²) < 4.78 is 0. The average Bonchev–Trinajstić information content (AvgIpc) is 2.38. The first kappa shape index (κ1) is 15.1. The zero-order valence-corrected chi connectivity index (χ0v) is 11.1. The van der Waals surface area contributed by atoms with Crippen molar-refractivity contribution in [3.05, 3.63) is 24.0 Å². The van der Waals surface area contributed by atoms with Crippen molar-refractivity contribution in [1.82, 2.24) is 4.98 Å². The molecule has 0 saturated heterocycles. The van der Waals surface area contributed by atoms with Gasteiger partial charge < -0.3 is 16.2 Å². The Bertz CT molecular complexity index is 445. The van der Waals surface area contributed by atoms with E-state index in [0.29, 0.717) is 11.4 Å². The third kappa shape index (κ3) is 4.67. The number of pyridine rings is 1. The number of nitrogens with two attached hydrogens (primary N) is 1. The highest BCUT2D eigenvalue weighted by Gasteiger charge is 2.19. The van der Waals surface area contributed by atoms with Crippen LogP contribution in [0.5, 0.6) is 0 Å². The lowest BCUT2D eigenvalue weighted by atomic mass is 9.99. The average molecular weight is 265 g/mol. The minimum absolute atomic E-state index is 0.0965. The number of anilines is 1. The van der Waals surface area contributed by atoms with Gasteiger partial charge in [0.1, 0.15) is 0 Å². The maximum Gasteiger partial charge on any atom is 0.309 e. The minimum Gasteiger partial charge on any atom is -0.481 e. The summed E-state index contributed by atoms with van der Waals surface area (Å²) >= 11 is 0. The highest BCUT2D eigenvalue weighted by Crippen LogP contribution is 2.10. The lowest BCUT2D eigenvalue weighted by Crippen LogP contribution is -2.40. The quantitative estimate of drug-likeness (QED) is 0.712. The number of aliphatic carboxylic acids is 1. The lowest BCUT2D eigenvalue weighted by molar-refractivity contribution is -0.136. The molecule has 2 unspecified atom stereocenters. The van der Waals surface area contributed by atoms with Crippen molar-refractivity contribution < 1.29 is 14.7 Å². The maximum absolute atomic E-state index is 11.8. The Morgan fingerprint density at radius 2 is 2.16 bits per heavy atom. The van der Waals surface area contributed by atoms with Crippen molar-refractivity contribution in [3.8, 4) is 0 Å². The van der Waals surface area contributed by atoms with Gasteiger partial charge in [0.15, 0.2) is 0 Å². The first-order chi connectivity index (χ1) is 8.93. The number of hydrogen-bond donors (Lipinski definition) is 3. The molecular weight excluding hydrogens is 246 g/mol. The second kappa shape index (κ2) is 6.84. The molecular formula is C13H19N3O3. The molecule has 1 aromatic heterocycles. The molecule has 19 heavy (non-hydrogen) atoms. The van der Waals surface area contributed by atoms with Crippen molar-refractivity contribution in [2.75, 3.05) is 5.32 Å². The summed E-state index contributed by atoms with van der Waals surface area (Å²) in [5.41, 5.74) is 6.76. The van der Waals surface area contributed by atoms with Crippen LogP contribution in [0, 0.1) is 5.92 Å². The van der Waals surface area contributed by atoms with Crippen LogP contribution in [0.2, 0.25) is 0 Å². The molecule has 4 N–H and O–H groups in total. The van der Waals surface area contributed by atoms with Crippen LogP contribution >= 0.6 is 0 Å². The van der Waals surface area contributed by atoms with Crippen molar-refractivity contribution in [1.29, 1.82) is 0 Å². The molecule has 0 aliphatic rings. The Morgan fingerprint density at radius 1 is 1.47 bits per heavy atom. The number of rotatable bonds is 6. The number of carboxylic acid groups (broad SMARTS) is 1. The van der Waals surface area contributed by atoms with E-state index in [9.17, 15) is 9.59 Å². The third-order valence-corrected chi connectivity index (χ3v) is 2.98. The highest BCUT2D eigenvalue weighted by molar-refractivity contribution is 5.94. The molecule has 0 aliphatic carbocycles. The molecule has 0 spiro atoms. The summed E-state index contributed by atoms with van der Waals surface area (Å²) in [6.45, 7) is 3.89. The highest BCUT2D eigenvalue weighted by atomic mass is 16.4. The van der Waals surface area contributed by atoms with Crippen molar-refractivity contribution in [2.24, 2.45) is 11.7 Å². The van der Waals surface area contributed by atoms with Crippen LogP contribution in [-0.2, 0) is 16.0 Å². The number of nitrogens with one attached hydrogen (secondary N) is 1. The van der Waals surface area contributed by atoms with Crippen molar-refractivity contribution >= 4 is 17.6 Å². The summed E-state index contributed by atoms with van der Waals surface area (Å²) in [5, 5.41) is 11.3. The van der Waals surface area contributed by atoms with E-state index in [1.165, 1.54) is 6.20 Å². The van der Waals surface area contributed by atoms with Gasteiger partial charge >= 0.3 is 5.97 Å². The lowest BCUT2D eigenvalue weighted by Gasteiger charge is -2.17. The number of hydrogen-bond acceptors (Lipinski definition) is 4. The Kier molecular flexibility index (Phi) is 5.44. The van der Waals surface area contributed by atoms with Crippen LogP contribution in [-0.4, -0.2) is 28.0 Å². The van der Waals surface area contributed by atoms with Gasteiger partial charge in [0, 0.05) is 0 Å². The molecule has 0 bridgehead atoms. The van der Waals surface area contributed by atoms with Gasteiger partial charge in [-0.25, -0.2) is 0 Å². The fourth-order valence-corrected chi connectivity index (χ4v) is 1.50. The third-order valence-electron chi connectivity index (χ3n) is 2.98. The van der Waals surface area contributed by atoms with Gasteiger partial charge in [-0.1, -0.05) is 20.3 Å². The Morgan fingerprint density at radius 3 is 2.63 bits per heavy atom. The predicted molar refractivity (Wildman–Crippen MR) is 71.6 cm³/mol. The molecule has 0 saturated carbocycles. The molecule has 104 valence electrons. The van der Waals surface area contributed by atoms with Crippen molar-refractivity contribution in [2.45, 2.75) is 32.7 Å². The number of carboxylic acids is 1. The summed E-state index contributed by atoms with van der Waals surface area (Å²) in [4.78, 5) is 26.3. The molecule has 1 heterocycles. The van der Waals surface area contributed by atoms with Gasteiger partial charge in [0.05, 0.1) is 30.0 Å². The monoisotopic (exact) mass is 265 g/mol. The SMILES string of the molecule is CCC(C)C(N)C(=O)Nc1ccc(CC(=O)O)nc1. The fourth-order valence-electron chi connectivity index (χ4n) is 1.50. The molecule has 6 nitrogen and oxygen atoms in total. The van der Waals surface area contributed by atoms with Gasteiger partial charge in [-0.2, -0.15) is 0 Å². The topological polar surface area (TPSA) is 105 Å². The van der Waals surface area contributed by atoms with Crippen LogP contribution in [0.3, 0.4) is 0 Å². The molecule has 0 aromatic carbocycles. The number of amides is 1. The molecule has 1 aromatic rings. The standard InChI is InChI=1S/C13H19N3O3/c1-3-8(2)12(14)13(19)16-10-5-4-9(15-7-10)6-11(17)18/h4-5,7-8,12H,3,6,14H2,1-2H3,(H,16,19)(H,17,18). The molecule has 1 amide bonds. The number of aromatic nitrogens is 1. The van der Waals surface area contributed by atoms with Crippen molar-refractivity contribution in [3.63, 3.8) is 0 Å². The summed E-state index contributed by atoms with van der Waals surface area (Å²) in [6, 6.07) is 2.62. The van der Waals surface area contributed by atoms with E-state index in [2.05, 4.69) is 10.3 Å². The zero-order chi connectivity index (χ0) is 14.4. The van der Waals surface area contributed by atoms with E-state index in [0.717, 1.165) is 6.42 Å². The maximum atomic E-state index is 11.8. The molecule has 0 aliphatic heterocycles. The molecule has 0 radical (unpaired) electrons. The molecule has 6 heteroatoms. The number of carbonyl (C=O) groups is 2. The van der Waals surface area contributed by atoms with Gasteiger partial charge in [0.25, 0.3) is 0 Å². The Labute approximate surface area is 112 Å². The minimum atomic E-state index is -0.942. The summed E-state index contributed by atoms with van der Waals surface area (Å²) in [5.74, 6) is -1.11. The smallest absolute Gasteiger partial charge is 0.309 e. The summed E-state index contributed by atoms with van der Waals surface area (Å²) in [6.07, 6.45) is 2.12. The fraction of sp³-hybridized carbons (Fsp3) is 0.462. The molecule has 0 fully saturated rings. The van der Waals surface area contributed by atoms with E-state index in [-0.39, 0.29) is 18.2 Å². The second-order valence-electron chi connectivity index (χ2n) is 4.51. The Balaban J connectivity index is 2.62. The van der Waals surface area contributed by atoms with E-state index >= 15 is 0 Å². The Hall–Kier alpha value is -1.95. The van der Waals surface area contributed by atoms with Gasteiger partial charge in [-0.3, -0.25) is 14.6 Å². The van der Waals surface area contributed by atoms with Gasteiger partial charge in [-0.15, -0.1) is 0 Å². The van der Waals surface area contributed by atoms with Gasteiger partial charge in [0.2, 0.25) is 5.91 Å². The van der Waals surface area contributed by atoms with Crippen LogP contribution in [0.15, 0.2) is 18.3 Å². The van der Waals surface area contributed by atoms with Crippen LogP contribution in [0.1, 0.15) is 26.0 Å². The van der Waals surface area contributed by atoms with Crippen LogP contribution in [0.4, 0.5) is 5.69 Å². The van der Waals surface area contributed by atoms with E-state index in [1.54, 1.807) is 12.1 Å². The first-order valence-electron chi connectivity index (χ1n) is 6.17. The summed E-state index contributed by atoms with van der Waals surface area (Å²) in [7, 11) is 0. The van der Waals surface area contributed by atoms with Crippen LogP contribution < -0.4 is 11.1 Å². The molecule has 2 atom stereocenters. The normalized spacial score (nSPS) is 13.6. The predicted octanol–water partition coefficient (Wildman–Crippen LogP) is 1.02.